The summed E-state index contributed by atoms with van der Waals surface area (Å²) in [6.45, 7) is 10.1. The molecule has 1 rings (SSSR count). The maximum absolute atomic E-state index is 11.4. The topological polar surface area (TPSA) is 40.5 Å². The van der Waals surface area contributed by atoms with Gasteiger partial charge in [-0.05, 0) is 37.1 Å². The van der Waals surface area contributed by atoms with E-state index >= 15 is 0 Å². The molecule has 1 atom stereocenters. The van der Waals surface area contributed by atoms with E-state index in [0.717, 1.165) is 31.5 Å². The lowest BCUT2D eigenvalue weighted by atomic mass is 9.81. The quantitative estimate of drug-likeness (QED) is 0.788. The monoisotopic (exact) mass is 277 g/mol. The zero-order valence-electron chi connectivity index (χ0n) is 13.1. The highest BCUT2D eigenvalue weighted by atomic mass is 16.4. The Balaban J connectivity index is 3.28. The fourth-order valence-corrected chi connectivity index (χ4v) is 3.08. The van der Waals surface area contributed by atoms with Gasteiger partial charge >= 0.3 is 5.97 Å². The van der Waals surface area contributed by atoms with Crippen molar-refractivity contribution in [3.63, 3.8) is 0 Å². The molecule has 0 aliphatic heterocycles. The first-order valence-corrected chi connectivity index (χ1v) is 7.60. The van der Waals surface area contributed by atoms with Gasteiger partial charge in [0, 0.05) is 0 Å². The third kappa shape index (κ3) is 3.40. The van der Waals surface area contributed by atoms with Crippen molar-refractivity contribution in [2.45, 2.75) is 52.5 Å². The fraction of sp³-hybridized carbons (Fsp3) is 0.588. The standard InChI is InChI=1S/C17H27NO2/c1-5-14-9-11-15(12-10-14)17(6-2,13-16(19)20)18(7-3)8-4/h9-12H,5-8,13H2,1-4H3,(H,19,20). The number of carboxylic acids is 1. The number of carboxylic acid groups (broad SMARTS) is 1. The summed E-state index contributed by atoms with van der Waals surface area (Å²) in [5, 5.41) is 9.36. The molecule has 0 aliphatic rings. The van der Waals surface area contributed by atoms with Crippen LogP contribution in [0.25, 0.3) is 0 Å². The van der Waals surface area contributed by atoms with Gasteiger partial charge in [0.05, 0.1) is 12.0 Å². The molecule has 0 fully saturated rings. The van der Waals surface area contributed by atoms with Gasteiger partial charge in [0.15, 0.2) is 0 Å². The van der Waals surface area contributed by atoms with Crippen LogP contribution in [0.1, 0.15) is 51.7 Å². The van der Waals surface area contributed by atoms with Gasteiger partial charge in [-0.3, -0.25) is 9.69 Å². The summed E-state index contributed by atoms with van der Waals surface area (Å²) >= 11 is 0. The first-order valence-electron chi connectivity index (χ1n) is 7.60. The van der Waals surface area contributed by atoms with E-state index in [4.69, 9.17) is 0 Å². The summed E-state index contributed by atoms with van der Waals surface area (Å²) in [4.78, 5) is 13.6. The normalized spacial score (nSPS) is 14.2. The highest BCUT2D eigenvalue weighted by Crippen LogP contribution is 2.35. The van der Waals surface area contributed by atoms with Crippen molar-refractivity contribution < 1.29 is 9.90 Å². The lowest BCUT2D eigenvalue weighted by Gasteiger charge is -2.42. The maximum Gasteiger partial charge on any atom is 0.305 e. The molecule has 20 heavy (non-hydrogen) atoms. The molecule has 1 unspecified atom stereocenters. The summed E-state index contributed by atoms with van der Waals surface area (Å²) in [6, 6.07) is 8.43. The Hall–Kier alpha value is -1.35. The van der Waals surface area contributed by atoms with Crippen LogP contribution in [0.2, 0.25) is 0 Å². The lowest BCUT2D eigenvalue weighted by molar-refractivity contribution is -0.141. The van der Waals surface area contributed by atoms with Crippen LogP contribution in [0.5, 0.6) is 0 Å². The Kier molecular flexibility index (Phi) is 6.21. The van der Waals surface area contributed by atoms with Gasteiger partial charge in [-0.15, -0.1) is 0 Å². The number of nitrogens with zero attached hydrogens (tertiary/aromatic N) is 1. The van der Waals surface area contributed by atoms with Crippen molar-refractivity contribution in [1.82, 2.24) is 4.90 Å². The number of aliphatic carboxylic acids is 1. The maximum atomic E-state index is 11.4. The third-order valence-corrected chi connectivity index (χ3v) is 4.30. The summed E-state index contributed by atoms with van der Waals surface area (Å²) in [5.74, 6) is -0.738. The summed E-state index contributed by atoms with van der Waals surface area (Å²) in [5.41, 5.74) is 2.00. The van der Waals surface area contributed by atoms with Crippen molar-refractivity contribution in [3.05, 3.63) is 35.4 Å². The van der Waals surface area contributed by atoms with E-state index in [1.165, 1.54) is 5.56 Å². The van der Waals surface area contributed by atoms with Crippen molar-refractivity contribution in [2.24, 2.45) is 0 Å². The minimum absolute atomic E-state index is 0.149. The summed E-state index contributed by atoms with van der Waals surface area (Å²) in [7, 11) is 0. The average molecular weight is 277 g/mol. The minimum atomic E-state index is -0.738. The molecular formula is C17H27NO2. The average Bonchev–Trinajstić information content (AvgIpc) is 2.47. The van der Waals surface area contributed by atoms with E-state index in [-0.39, 0.29) is 6.42 Å². The van der Waals surface area contributed by atoms with Gasteiger partial charge < -0.3 is 5.11 Å². The molecule has 0 saturated carbocycles. The molecule has 0 aliphatic carbocycles. The van der Waals surface area contributed by atoms with Crippen LogP contribution in [0, 0.1) is 0 Å². The second kappa shape index (κ2) is 7.44. The Labute approximate surface area is 122 Å². The molecule has 1 aromatic rings. The SMILES string of the molecule is CCc1ccc(C(CC)(CC(=O)O)N(CC)CC)cc1. The second-order valence-electron chi connectivity index (χ2n) is 5.18. The van der Waals surface area contributed by atoms with Crippen LogP contribution in [0.4, 0.5) is 0 Å². The first-order chi connectivity index (χ1) is 9.53. The number of rotatable bonds is 8. The zero-order chi connectivity index (χ0) is 15.2. The Morgan fingerprint density at radius 2 is 1.65 bits per heavy atom. The Morgan fingerprint density at radius 3 is 2.00 bits per heavy atom. The Morgan fingerprint density at radius 1 is 1.10 bits per heavy atom. The van der Waals surface area contributed by atoms with E-state index in [0.29, 0.717) is 0 Å². The van der Waals surface area contributed by atoms with Crippen LogP contribution in [-0.4, -0.2) is 29.1 Å². The summed E-state index contributed by atoms with van der Waals surface area (Å²) in [6.07, 6.45) is 1.95. The van der Waals surface area contributed by atoms with E-state index in [1.807, 2.05) is 0 Å². The number of benzene rings is 1. The van der Waals surface area contributed by atoms with Crippen molar-refractivity contribution >= 4 is 5.97 Å². The molecule has 0 heterocycles. The van der Waals surface area contributed by atoms with Crippen LogP contribution >= 0.6 is 0 Å². The van der Waals surface area contributed by atoms with E-state index < -0.39 is 11.5 Å². The molecule has 0 amide bonds. The molecule has 1 aromatic carbocycles. The van der Waals surface area contributed by atoms with E-state index in [9.17, 15) is 9.90 Å². The van der Waals surface area contributed by atoms with E-state index in [1.54, 1.807) is 0 Å². The fourth-order valence-electron chi connectivity index (χ4n) is 3.08. The molecule has 3 nitrogen and oxygen atoms in total. The highest BCUT2D eigenvalue weighted by molar-refractivity contribution is 5.69. The van der Waals surface area contributed by atoms with Crippen molar-refractivity contribution in [1.29, 1.82) is 0 Å². The first kappa shape index (κ1) is 16.7. The van der Waals surface area contributed by atoms with Gasteiger partial charge in [-0.25, -0.2) is 0 Å². The van der Waals surface area contributed by atoms with Crippen LogP contribution in [0.3, 0.4) is 0 Å². The number of aryl methyl sites for hydroxylation is 1. The molecule has 0 aromatic heterocycles. The number of hydrogen-bond acceptors (Lipinski definition) is 2. The molecule has 0 spiro atoms. The van der Waals surface area contributed by atoms with Gasteiger partial charge in [-0.1, -0.05) is 52.0 Å². The molecule has 0 bridgehead atoms. The largest absolute Gasteiger partial charge is 0.481 e. The lowest BCUT2D eigenvalue weighted by Crippen LogP contribution is -2.47. The van der Waals surface area contributed by atoms with Crippen LogP contribution in [0.15, 0.2) is 24.3 Å². The molecular weight excluding hydrogens is 250 g/mol. The molecule has 0 saturated heterocycles. The van der Waals surface area contributed by atoms with Gasteiger partial charge in [0.25, 0.3) is 0 Å². The zero-order valence-corrected chi connectivity index (χ0v) is 13.1. The number of hydrogen-bond donors (Lipinski definition) is 1. The number of carbonyl (C=O) groups is 1. The third-order valence-electron chi connectivity index (χ3n) is 4.30. The second-order valence-corrected chi connectivity index (χ2v) is 5.18. The molecule has 1 N–H and O–H groups in total. The molecule has 0 radical (unpaired) electrons. The predicted octanol–water partition coefficient (Wildman–Crippen LogP) is 3.67. The highest BCUT2D eigenvalue weighted by Gasteiger charge is 2.37. The van der Waals surface area contributed by atoms with Gasteiger partial charge in [-0.2, -0.15) is 0 Å². The minimum Gasteiger partial charge on any atom is -0.481 e. The van der Waals surface area contributed by atoms with Crippen LogP contribution < -0.4 is 0 Å². The smallest absolute Gasteiger partial charge is 0.305 e. The van der Waals surface area contributed by atoms with E-state index in [2.05, 4.69) is 56.9 Å². The Bertz CT molecular complexity index is 423. The molecule has 112 valence electrons. The van der Waals surface area contributed by atoms with Crippen LogP contribution in [-0.2, 0) is 16.8 Å². The van der Waals surface area contributed by atoms with Crippen molar-refractivity contribution in [3.8, 4) is 0 Å². The van der Waals surface area contributed by atoms with Gasteiger partial charge in [0.1, 0.15) is 0 Å². The predicted molar refractivity (Wildman–Crippen MR) is 83.0 cm³/mol. The molecule has 3 heteroatoms. The summed E-state index contributed by atoms with van der Waals surface area (Å²) < 4.78 is 0. The van der Waals surface area contributed by atoms with Crippen molar-refractivity contribution in [2.75, 3.05) is 13.1 Å². The van der Waals surface area contributed by atoms with Gasteiger partial charge in [0.2, 0.25) is 0 Å².